The third-order valence-electron chi connectivity index (χ3n) is 4.61. The van der Waals surface area contributed by atoms with Gasteiger partial charge in [0, 0.05) is 18.0 Å². The van der Waals surface area contributed by atoms with E-state index in [1.165, 1.54) is 4.90 Å². The van der Waals surface area contributed by atoms with E-state index in [1.807, 2.05) is 62.4 Å². The van der Waals surface area contributed by atoms with Gasteiger partial charge in [0.1, 0.15) is 6.04 Å². The molecule has 1 aliphatic heterocycles. The molecule has 0 spiro atoms. The number of aryl methyl sites for hydroxylation is 2. The number of hydrogen-bond acceptors (Lipinski definition) is 2. The lowest BCUT2D eigenvalue weighted by atomic mass is 9.91. The Morgan fingerprint density at radius 2 is 1.67 bits per heavy atom. The predicted octanol–water partition coefficient (Wildman–Crippen LogP) is 3.39. The Labute approximate surface area is 141 Å². The number of carbonyl (C=O) groups excluding carboxylic acids is 1. The van der Waals surface area contributed by atoms with Gasteiger partial charge in [-0.3, -0.25) is 4.79 Å². The van der Waals surface area contributed by atoms with Crippen LogP contribution in [0, 0.1) is 13.8 Å². The van der Waals surface area contributed by atoms with Crippen LogP contribution >= 0.6 is 0 Å². The number of likely N-dealkylation sites (tertiary alicyclic amines) is 1. The number of amides is 1. The lowest BCUT2D eigenvalue weighted by Crippen LogP contribution is -2.42. The quantitative estimate of drug-likeness (QED) is 0.942. The Kier molecular flexibility index (Phi) is 4.38. The highest BCUT2D eigenvalue weighted by Gasteiger charge is 2.42. The van der Waals surface area contributed by atoms with Crippen molar-refractivity contribution < 1.29 is 14.7 Å². The number of hydrogen-bond donors (Lipinski definition) is 1. The number of benzene rings is 2. The van der Waals surface area contributed by atoms with Gasteiger partial charge in [-0.25, -0.2) is 4.79 Å². The first kappa shape index (κ1) is 16.2. The van der Waals surface area contributed by atoms with Gasteiger partial charge in [-0.2, -0.15) is 0 Å². The standard InChI is InChI=1S/C20H21NO3/c1-13-10-14(2)12-16(11-13)19(22)21-9-8-17(18(21)20(23)24)15-6-4-3-5-7-15/h3-7,10-12,17-18H,8-9H2,1-2H3,(H,23,24)/t17-,18+/m1/s1. The normalized spacial score (nSPS) is 20.2. The van der Waals surface area contributed by atoms with Gasteiger partial charge >= 0.3 is 5.97 Å². The molecule has 2 aromatic rings. The summed E-state index contributed by atoms with van der Waals surface area (Å²) in [5.41, 5.74) is 3.54. The largest absolute Gasteiger partial charge is 0.480 e. The smallest absolute Gasteiger partial charge is 0.327 e. The Hall–Kier alpha value is -2.62. The minimum Gasteiger partial charge on any atom is -0.480 e. The van der Waals surface area contributed by atoms with Crippen LogP contribution < -0.4 is 0 Å². The van der Waals surface area contributed by atoms with Gasteiger partial charge in [-0.1, -0.05) is 47.5 Å². The number of rotatable bonds is 3. The molecule has 0 aromatic heterocycles. The Morgan fingerprint density at radius 1 is 1.04 bits per heavy atom. The van der Waals surface area contributed by atoms with E-state index in [0.29, 0.717) is 18.5 Å². The van der Waals surface area contributed by atoms with Gasteiger partial charge in [0.2, 0.25) is 0 Å². The van der Waals surface area contributed by atoms with E-state index >= 15 is 0 Å². The molecule has 1 saturated heterocycles. The molecule has 1 amide bonds. The molecule has 124 valence electrons. The van der Waals surface area contributed by atoms with Crippen LogP contribution in [0.15, 0.2) is 48.5 Å². The summed E-state index contributed by atoms with van der Waals surface area (Å²) in [6.07, 6.45) is 0.664. The first-order valence-corrected chi connectivity index (χ1v) is 8.14. The maximum absolute atomic E-state index is 12.9. The summed E-state index contributed by atoms with van der Waals surface area (Å²) in [6, 6.07) is 14.4. The average Bonchev–Trinajstić information content (AvgIpc) is 2.99. The van der Waals surface area contributed by atoms with Gasteiger partial charge < -0.3 is 10.0 Å². The Balaban J connectivity index is 1.93. The molecule has 3 rings (SSSR count). The van der Waals surface area contributed by atoms with Crippen LogP contribution in [0.5, 0.6) is 0 Å². The summed E-state index contributed by atoms with van der Waals surface area (Å²) in [7, 11) is 0. The fraction of sp³-hybridized carbons (Fsp3) is 0.300. The zero-order chi connectivity index (χ0) is 17.3. The van der Waals surface area contributed by atoms with Crippen LogP contribution in [0.2, 0.25) is 0 Å². The fourth-order valence-electron chi connectivity index (χ4n) is 3.64. The second kappa shape index (κ2) is 6.48. The molecule has 1 aliphatic rings. The second-order valence-corrected chi connectivity index (χ2v) is 6.46. The number of carboxylic acids is 1. The first-order chi connectivity index (χ1) is 11.5. The highest BCUT2D eigenvalue weighted by Crippen LogP contribution is 2.34. The van der Waals surface area contributed by atoms with Gasteiger partial charge in [0.25, 0.3) is 5.91 Å². The Morgan fingerprint density at radius 3 is 2.25 bits per heavy atom. The van der Waals surface area contributed by atoms with Crippen molar-refractivity contribution in [2.45, 2.75) is 32.2 Å². The molecule has 0 bridgehead atoms. The molecule has 0 radical (unpaired) electrons. The van der Waals surface area contributed by atoms with E-state index in [9.17, 15) is 14.7 Å². The molecule has 0 aliphatic carbocycles. The molecule has 2 atom stereocenters. The van der Waals surface area contributed by atoms with E-state index in [-0.39, 0.29) is 11.8 Å². The summed E-state index contributed by atoms with van der Waals surface area (Å²) in [5, 5.41) is 9.73. The fourth-order valence-corrected chi connectivity index (χ4v) is 3.64. The number of carboxylic acid groups (broad SMARTS) is 1. The lowest BCUT2D eigenvalue weighted by molar-refractivity contribution is -0.141. The maximum Gasteiger partial charge on any atom is 0.327 e. The maximum atomic E-state index is 12.9. The van der Waals surface area contributed by atoms with Gasteiger partial charge in [0.15, 0.2) is 0 Å². The van der Waals surface area contributed by atoms with Crippen molar-refractivity contribution in [2.75, 3.05) is 6.54 Å². The van der Waals surface area contributed by atoms with Crippen LogP contribution in [0.3, 0.4) is 0 Å². The van der Waals surface area contributed by atoms with Crippen molar-refractivity contribution >= 4 is 11.9 Å². The van der Waals surface area contributed by atoms with Crippen molar-refractivity contribution in [1.29, 1.82) is 0 Å². The van der Waals surface area contributed by atoms with Crippen LogP contribution in [0.25, 0.3) is 0 Å². The zero-order valence-corrected chi connectivity index (χ0v) is 13.9. The van der Waals surface area contributed by atoms with Crippen molar-refractivity contribution in [3.05, 3.63) is 70.8 Å². The second-order valence-electron chi connectivity index (χ2n) is 6.46. The molecule has 0 saturated carbocycles. The number of nitrogens with zero attached hydrogens (tertiary/aromatic N) is 1. The molecule has 4 heteroatoms. The van der Waals surface area contributed by atoms with Gasteiger partial charge in [-0.05, 0) is 38.0 Å². The minimum atomic E-state index is -0.945. The average molecular weight is 323 g/mol. The lowest BCUT2D eigenvalue weighted by Gasteiger charge is -2.25. The molecule has 1 heterocycles. The topological polar surface area (TPSA) is 57.6 Å². The molecule has 0 unspecified atom stereocenters. The number of carbonyl (C=O) groups is 2. The molecule has 1 N–H and O–H groups in total. The van der Waals surface area contributed by atoms with E-state index in [2.05, 4.69) is 0 Å². The van der Waals surface area contributed by atoms with Crippen molar-refractivity contribution in [3.63, 3.8) is 0 Å². The molecular weight excluding hydrogens is 302 g/mol. The van der Waals surface area contributed by atoms with Crippen LogP contribution in [0.4, 0.5) is 0 Å². The zero-order valence-electron chi connectivity index (χ0n) is 13.9. The van der Waals surface area contributed by atoms with Crippen LogP contribution in [0.1, 0.15) is 39.4 Å². The predicted molar refractivity (Wildman–Crippen MR) is 92.2 cm³/mol. The summed E-state index contributed by atoms with van der Waals surface area (Å²) >= 11 is 0. The van der Waals surface area contributed by atoms with Crippen molar-refractivity contribution in [1.82, 2.24) is 4.90 Å². The third-order valence-corrected chi connectivity index (χ3v) is 4.61. The van der Waals surface area contributed by atoms with Crippen LogP contribution in [-0.4, -0.2) is 34.5 Å². The Bertz CT molecular complexity index is 749. The molecular formula is C20H21NO3. The monoisotopic (exact) mass is 323 g/mol. The van der Waals surface area contributed by atoms with E-state index in [1.54, 1.807) is 0 Å². The first-order valence-electron chi connectivity index (χ1n) is 8.14. The molecule has 1 fully saturated rings. The summed E-state index contributed by atoms with van der Waals surface area (Å²) in [5.74, 6) is -1.31. The van der Waals surface area contributed by atoms with E-state index < -0.39 is 12.0 Å². The third kappa shape index (κ3) is 3.04. The summed E-state index contributed by atoms with van der Waals surface area (Å²) in [6.45, 7) is 4.34. The van der Waals surface area contributed by atoms with E-state index in [0.717, 1.165) is 16.7 Å². The van der Waals surface area contributed by atoms with Crippen molar-refractivity contribution in [3.8, 4) is 0 Å². The molecule has 4 nitrogen and oxygen atoms in total. The highest BCUT2D eigenvalue weighted by atomic mass is 16.4. The van der Waals surface area contributed by atoms with Crippen molar-refractivity contribution in [2.24, 2.45) is 0 Å². The number of aliphatic carboxylic acids is 1. The summed E-state index contributed by atoms with van der Waals surface area (Å²) in [4.78, 5) is 26.3. The highest BCUT2D eigenvalue weighted by molar-refractivity contribution is 5.97. The summed E-state index contributed by atoms with van der Waals surface area (Å²) < 4.78 is 0. The minimum absolute atomic E-state index is 0.168. The van der Waals surface area contributed by atoms with Gasteiger partial charge in [-0.15, -0.1) is 0 Å². The molecule has 24 heavy (non-hydrogen) atoms. The van der Waals surface area contributed by atoms with E-state index in [4.69, 9.17) is 0 Å². The molecule has 2 aromatic carbocycles. The SMILES string of the molecule is Cc1cc(C)cc(C(=O)N2CC[C@H](c3ccccc3)[C@H]2C(=O)O)c1. The van der Waals surface area contributed by atoms with Crippen LogP contribution in [-0.2, 0) is 4.79 Å². The van der Waals surface area contributed by atoms with Gasteiger partial charge in [0.05, 0.1) is 0 Å².